The molecule has 0 bridgehead atoms. The number of carbonyl (C=O) groups excluding carboxylic acids is 1. The highest BCUT2D eigenvalue weighted by atomic mass is 35.5. The molecule has 2 aromatic heterocycles. The van der Waals surface area contributed by atoms with Gasteiger partial charge in [-0.3, -0.25) is 4.79 Å². The zero-order chi connectivity index (χ0) is 21.1. The second-order valence-corrected chi connectivity index (χ2v) is 6.72. The van der Waals surface area contributed by atoms with Crippen LogP contribution in [0.5, 0.6) is 5.75 Å². The lowest BCUT2D eigenvalue weighted by atomic mass is 10.1. The highest BCUT2D eigenvalue weighted by Gasteiger charge is 2.15. The third kappa shape index (κ3) is 4.06. The molecular weight excluding hydrogens is 411 g/mol. The number of rotatable bonds is 5. The van der Waals surface area contributed by atoms with Gasteiger partial charge in [0.15, 0.2) is 11.3 Å². The molecule has 4 rings (SSSR count). The van der Waals surface area contributed by atoms with Gasteiger partial charge in [-0.2, -0.15) is 0 Å². The Kier molecular flexibility index (Phi) is 5.54. The largest absolute Gasteiger partial charge is 0.493 e. The van der Waals surface area contributed by atoms with Crippen LogP contribution in [0.1, 0.15) is 16.1 Å². The Morgan fingerprint density at radius 2 is 2.07 bits per heavy atom. The van der Waals surface area contributed by atoms with Gasteiger partial charge in [0, 0.05) is 5.39 Å². The Hall–Kier alpha value is -3.58. The van der Waals surface area contributed by atoms with Crippen LogP contribution in [-0.2, 0) is 6.54 Å². The Bertz CT molecular complexity index is 1280. The average molecular weight is 427 g/mol. The van der Waals surface area contributed by atoms with Gasteiger partial charge in [0.1, 0.15) is 17.1 Å². The van der Waals surface area contributed by atoms with Crippen molar-refractivity contribution in [2.24, 2.45) is 4.99 Å². The van der Waals surface area contributed by atoms with Gasteiger partial charge in [0.25, 0.3) is 5.91 Å². The quantitative estimate of drug-likeness (QED) is 0.487. The van der Waals surface area contributed by atoms with Crippen LogP contribution < -0.4 is 15.6 Å². The lowest BCUT2D eigenvalue weighted by molar-refractivity contribution is 0.0944. The third-order valence-corrected chi connectivity index (χ3v) is 4.63. The molecule has 30 heavy (non-hydrogen) atoms. The first kappa shape index (κ1) is 19.7. The zero-order valence-corrected chi connectivity index (χ0v) is 16.6. The summed E-state index contributed by atoms with van der Waals surface area (Å²) in [5.41, 5.74) is 0.989. The van der Waals surface area contributed by atoms with Gasteiger partial charge in [-0.05, 0) is 42.5 Å². The van der Waals surface area contributed by atoms with Gasteiger partial charge in [-0.1, -0.05) is 23.7 Å². The van der Waals surface area contributed by atoms with E-state index in [-0.39, 0.29) is 22.7 Å². The number of nitrogens with one attached hydrogen (secondary N) is 1. The minimum atomic E-state index is -0.566. The van der Waals surface area contributed by atoms with Crippen molar-refractivity contribution in [1.82, 2.24) is 5.32 Å². The van der Waals surface area contributed by atoms with Crippen LogP contribution in [0.2, 0.25) is 5.02 Å². The van der Waals surface area contributed by atoms with Gasteiger partial charge in [0.2, 0.25) is 5.55 Å². The maximum absolute atomic E-state index is 13.5. The summed E-state index contributed by atoms with van der Waals surface area (Å²) in [6.45, 7) is 0.198. The second-order valence-electron chi connectivity index (χ2n) is 6.32. The molecular formula is C22H16ClFN2O4. The van der Waals surface area contributed by atoms with Crippen LogP contribution in [-0.4, -0.2) is 13.0 Å². The van der Waals surface area contributed by atoms with Crippen LogP contribution in [0.15, 0.2) is 74.7 Å². The van der Waals surface area contributed by atoms with Crippen molar-refractivity contribution in [3.63, 3.8) is 0 Å². The van der Waals surface area contributed by atoms with E-state index in [0.29, 0.717) is 28.2 Å². The molecule has 0 spiro atoms. The van der Waals surface area contributed by atoms with Crippen molar-refractivity contribution in [2.75, 3.05) is 7.11 Å². The number of hydrogen-bond acceptors (Lipinski definition) is 5. The molecule has 6 nitrogen and oxygen atoms in total. The van der Waals surface area contributed by atoms with Crippen molar-refractivity contribution in [1.29, 1.82) is 0 Å². The normalized spacial score (nSPS) is 11.6. The van der Waals surface area contributed by atoms with Crippen LogP contribution in [0.25, 0.3) is 11.0 Å². The Labute approximate surface area is 175 Å². The summed E-state index contributed by atoms with van der Waals surface area (Å²) in [4.78, 5) is 17.3. The van der Waals surface area contributed by atoms with E-state index in [4.69, 9.17) is 25.2 Å². The molecule has 0 saturated heterocycles. The molecule has 0 aliphatic rings. The molecule has 152 valence electrons. The highest BCUT2D eigenvalue weighted by Crippen LogP contribution is 2.26. The van der Waals surface area contributed by atoms with Crippen molar-refractivity contribution >= 4 is 34.2 Å². The molecule has 0 fully saturated rings. The minimum Gasteiger partial charge on any atom is -0.493 e. The Balaban J connectivity index is 1.84. The number of halogens is 2. The van der Waals surface area contributed by atoms with E-state index in [9.17, 15) is 9.18 Å². The van der Waals surface area contributed by atoms with E-state index < -0.39 is 11.7 Å². The summed E-state index contributed by atoms with van der Waals surface area (Å²) in [5.74, 6) is 0.117. The lowest BCUT2D eigenvalue weighted by Gasteiger charge is -2.08. The molecule has 1 amide bonds. The van der Waals surface area contributed by atoms with E-state index >= 15 is 0 Å². The zero-order valence-electron chi connectivity index (χ0n) is 15.8. The number of ether oxygens (including phenoxy) is 1. The molecule has 0 unspecified atom stereocenters. The van der Waals surface area contributed by atoms with E-state index in [1.807, 2.05) is 0 Å². The first-order chi connectivity index (χ1) is 14.5. The third-order valence-electron chi connectivity index (χ3n) is 4.34. The molecule has 0 radical (unpaired) electrons. The lowest BCUT2D eigenvalue weighted by Crippen LogP contribution is -2.28. The number of amides is 1. The van der Waals surface area contributed by atoms with Crippen LogP contribution in [0, 0.1) is 5.82 Å². The van der Waals surface area contributed by atoms with Gasteiger partial charge >= 0.3 is 0 Å². The molecule has 2 aromatic carbocycles. The number of benzene rings is 2. The maximum Gasteiger partial charge on any atom is 0.257 e. The summed E-state index contributed by atoms with van der Waals surface area (Å²) in [6, 6.07) is 14.4. The fourth-order valence-electron chi connectivity index (χ4n) is 2.88. The molecule has 2 heterocycles. The van der Waals surface area contributed by atoms with Gasteiger partial charge in [-0.15, -0.1) is 0 Å². The standard InChI is InChI=1S/C22H16ClFN2O4/c1-28-19-6-2-4-13-10-16(21(27)25-12-15-5-3-9-29-15)22(30-20(13)19)26-14-7-8-18(24)17(23)11-14/h2-11H,12H2,1H3,(H,25,27). The molecule has 0 atom stereocenters. The first-order valence-electron chi connectivity index (χ1n) is 8.96. The monoisotopic (exact) mass is 426 g/mol. The van der Waals surface area contributed by atoms with Crippen LogP contribution in [0.4, 0.5) is 10.1 Å². The summed E-state index contributed by atoms with van der Waals surface area (Å²) in [5, 5.41) is 3.35. The number of nitrogens with zero attached hydrogens (tertiary/aromatic N) is 1. The fraction of sp³-hybridized carbons (Fsp3) is 0.0909. The maximum atomic E-state index is 13.5. The van der Waals surface area contributed by atoms with Crippen molar-refractivity contribution in [3.05, 3.63) is 88.6 Å². The van der Waals surface area contributed by atoms with Crippen LogP contribution in [0.3, 0.4) is 0 Å². The molecule has 0 aliphatic carbocycles. The number of hydrogen-bond donors (Lipinski definition) is 1. The predicted octanol–water partition coefficient (Wildman–Crippen LogP) is 4.99. The van der Waals surface area contributed by atoms with E-state index in [1.54, 1.807) is 36.4 Å². The molecule has 1 N–H and O–H groups in total. The number of furan rings is 1. The van der Waals surface area contributed by atoms with Crippen LogP contribution >= 0.6 is 11.6 Å². The SMILES string of the molecule is COc1cccc2cc(C(=O)NCc3ccco3)c(=Nc3ccc(F)c(Cl)c3)oc12. The number of methoxy groups -OCH3 is 1. The molecule has 4 aromatic rings. The summed E-state index contributed by atoms with van der Waals surface area (Å²) < 4.78 is 30.0. The van der Waals surface area contributed by atoms with E-state index in [0.717, 1.165) is 0 Å². The minimum absolute atomic E-state index is 0.0339. The number of para-hydroxylation sites is 1. The molecule has 8 heteroatoms. The second kappa shape index (κ2) is 8.42. The van der Waals surface area contributed by atoms with E-state index in [2.05, 4.69) is 10.3 Å². The molecule has 0 saturated carbocycles. The summed E-state index contributed by atoms with van der Waals surface area (Å²) >= 11 is 5.86. The summed E-state index contributed by atoms with van der Waals surface area (Å²) in [6.07, 6.45) is 1.53. The Morgan fingerprint density at radius 1 is 1.20 bits per heavy atom. The molecule has 0 aliphatic heterocycles. The van der Waals surface area contributed by atoms with Gasteiger partial charge in [-0.25, -0.2) is 9.38 Å². The smallest absolute Gasteiger partial charge is 0.257 e. The van der Waals surface area contributed by atoms with Crippen molar-refractivity contribution in [3.8, 4) is 5.75 Å². The van der Waals surface area contributed by atoms with Crippen molar-refractivity contribution < 1.29 is 22.8 Å². The topological polar surface area (TPSA) is 77.0 Å². The Morgan fingerprint density at radius 3 is 2.80 bits per heavy atom. The number of carbonyl (C=O) groups is 1. The highest BCUT2D eigenvalue weighted by molar-refractivity contribution is 6.31. The predicted molar refractivity (Wildman–Crippen MR) is 109 cm³/mol. The average Bonchev–Trinajstić information content (AvgIpc) is 3.27. The summed E-state index contributed by atoms with van der Waals surface area (Å²) in [7, 11) is 1.52. The van der Waals surface area contributed by atoms with Gasteiger partial charge in [0.05, 0.1) is 30.6 Å². The fourth-order valence-corrected chi connectivity index (χ4v) is 3.05. The van der Waals surface area contributed by atoms with Crippen molar-refractivity contribution in [2.45, 2.75) is 6.54 Å². The first-order valence-corrected chi connectivity index (χ1v) is 9.34. The number of fused-ring (bicyclic) bond motifs is 1. The van der Waals surface area contributed by atoms with Gasteiger partial charge < -0.3 is 18.9 Å². The van der Waals surface area contributed by atoms with E-state index in [1.165, 1.54) is 31.6 Å².